The number of anilines is 2. The van der Waals surface area contributed by atoms with Gasteiger partial charge < -0.3 is 10.6 Å². The molecule has 94 valence electrons. The maximum atomic E-state index is 4.18. The van der Waals surface area contributed by atoms with E-state index in [1.54, 1.807) is 18.7 Å². The zero-order valence-corrected chi connectivity index (χ0v) is 10.4. The maximum absolute atomic E-state index is 4.18. The molecule has 0 atom stereocenters. The first-order chi connectivity index (χ1) is 8.88. The molecule has 2 heterocycles. The summed E-state index contributed by atoms with van der Waals surface area (Å²) in [6.07, 6.45) is 6.20. The minimum Gasteiger partial charge on any atom is -0.370 e. The van der Waals surface area contributed by atoms with E-state index in [0.29, 0.717) is 0 Å². The van der Waals surface area contributed by atoms with E-state index in [-0.39, 0.29) is 0 Å². The van der Waals surface area contributed by atoms with Gasteiger partial charge in [0.05, 0.1) is 0 Å². The van der Waals surface area contributed by atoms with E-state index in [1.807, 2.05) is 18.2 Å². The number of pyridine rings is 1. The van der Waals surface area contributed by atoms with Crippen LogP contribution in [0.15, 0.2) is 36.9 Å². The van der Waals surface area contributed by atoms with Gasteiger partial charge in [-0.15, -0.1) is 0 Å². The van der Waals surface area contributed by atoms with E-state index in [9.17, 15) is 0 Å². The van der Waals surface area contributed by atoms with E-state index in [2.05, 4.69) is 32.5 Å². The first kappa shape index (κ1) is 12.3. The summed E-state index contributed by atoms with van der Waals surface area (Å²) in [5, 5.41) is 6.49. The van der Waals surface area contributed by atoms with Crippen molar-refractivity contribution in [1.82, 2.24) is 15.0 Å². The molecule has 0 saturated heterocycles. The Kier molecular flexibility index (Phi) is 4.46. The summed E-state index contributed by atoms with van der Waals surface area (Å²) in [7, 11) is 0. The molecule has 18 heavy (non-hydrogen) atoms. The third kappa shape index (κ3) is 3.69. The van der Waals surface area contributed by atoms with Gasteiger partial charge >= 0.3 is 0 Å². The number of nitrogens with zero attached hydrogens (tertiary/aromatic N) is 3. The Hall–Kier alpha value is -2.17. The highest BCUT2D eigenvalue weighted by molar-refractivity contribution is 5.46. The third-order valence-electron chi connectivity index (χ3n) is 2.45. The van der Waals surface area contributed by atoms with Crippen molar-refractivity contribution in [2.45, 2.75) is 19.9 Å². The molecule has 0 aromatic carbocycles. The average molecular weight is 243 g/mol. The second-order valence-electron chi connectivity index (χ2n) is 3.92. The molecule has 2 aromatic heterocycles. The highest BCUT2D eigenvalue weighted by Gasteiger charge is 1.98. The fourth-order valence-corrected chi connectivity index (χ4v) is 1.50. The van der Waals surface area contributed by atoms with Crippen molar-refractivity contribution in [3.05, 3.63) is 42.5 Å². The summed E-state index contributed by atoms with van der Waals surface area (Å²) in [6, 6.07) is 5.87. The lowest BCUT2D eigenvalue weighted by molar-refractivity contribution is 0.963. The van der Waals surface area contributed by atoms with Crippen molar-refractivity contribution in [2.75, 3.05) is 17.2 Å². The zero-order chi connectivity index (χ0) is 12.6. The van der Waals surface area contributed by atoms with Crippen molar-refractivity contribution >= 4 is 11.6 Å². The average Bonchev–Trinajstić information content (AvgIpc) is 2.44. The minimum atomic E-state index is 0.729. The standard InChI is InChI=1S/C13H17N5/c1-2-5-15-12-8-13(18-10-17-12)16-9-11-3-6-14-7-4-11/h3-4,6-8,10H,2,5,9H2,1H3,(H2,15,16,17,18). The van der Waals surface area contributed by atoms with Gasteiger partial charge in [-0.05, 0) is 24.1 Å². The Labute approximate surface area is 107 Å². The number of hydrogen-bond donors (Lipinski definition) is 2. The fourth-order valence-electron chi connectivity index (χ4n) is 1.50. The van der Waals surface area contributed by atoms with Crippen LogP contribution in [0.5, 0.6) is 0 Å². The van der Waals surface area contributed by atoms with Crippen LogP contribution in [0.3, 0.4) is 0 Å². The van der Waals surface area contributed by atoms with Crippen LogP contribution in [-0.2, 0) is 6.54 Å². The summed E-state index contributed by atoms with van der Waals surface area (Å²) >= 11 is 0. The van der Waals surface area contributed by atoms with Crippen molar-refractivity contribution in [2.24, 2.45) is 0 Å². The first-order valence-electron chi connectivity index (χ1n) is 6.07. The van der Waals surface area contributed by atoms with Crippen LogP contribution in [0.1, 0.15) is 18.9 Å². The monoisotopic (exact) mass is 243 g/mol. The summed E-state index contributed by atoms with van der Waals surface area (Å²) in [5.41, 5.74) is 1.17. The molecule has 2 N–H and O–H groups in total. The van der Waals surface area contributed by atoms with Gasteiger partial charge in [0.2, 0.25) is 0 Å². The quantitative estimate of drug-likeness (QED) is 0.815. The fraction of sp³-hybridized carbons (Fsp3) is 0.308. The van der Waals surface area contributed by atoms with Gasteiger partial charge in [-0.25, -0.2) is 9.97 Å². The SMILES string of the molecule is CCCNc1cc(NCc2ccncc2)ncn1. The second-order valence-corrected chi connectivity index (χ2v) is 3.92. The van der Waals surface area contributed by atoms with Crippen LogP contribution in [0.4, 0.5) is 11.6 Å². The van der Waals surface area contributed by atoms with Crippen LogP contribution in [-0.4, -0.2) is 21.5 Å². The Morgan fingerprint density at radius 2 is 1.78 bits per heavy atom. The molecule has 0 bridgehead atoms. The Bertz CT molecular complexity index is 472. The van der Waals surface area contributed by atoms with Crippen molar-refractivity contribution in [3.63, 3.8) is 0 Å². The molecule has 0 fully saturated rings. The molecule has 0 amide bonds. The molecule has 0 aliphatic rings. The molecular weight excluding hydrogens is 226 g/mol. The predicted octanol–water partition coefficient (Wildman–Crippen LogP) is 2.31. The maximum Gasteiger partial charge on any atom is 0.131 e. The number of rotatable bonds is 6. The van der Waals surface area contributed by atoms with E-state index in [4.69, 9.17) is 0 Å². The van der Waals surface area contributed by atoms with Crippen molar-refractivity contribution in [3.8, 4) is 0 Å². The number of hydrogen-bond acceptors (Lipinski definition) is 5. The highest BCUT2D eigenvalue weighted by Crippen LogP contribution is 2.09. The molecule has 0 aliphatic carbocycles. The summed E-state index contributed by atoms with van der Waals surface area (Å²) in [4.78, 5) is 12.3. The van der Waals surface area contributed by atoms with Crippen LogP contribution in [0.2, 0.25) is 0 Å². The van der Waals surface area contributed by atoms with Gasteiger partial charge in [0.25, 0.3) is 0 Å². The molecule has 0 spiro atoms. The van der Waals surface area contributed by atoms with Crippen LogP contribution in [0, 0.1) is 0 Å². The van der Waals surface area contributed by atoms with Gasteiger partial charge in [-0.1, -0.05) is 6.92 Å². The first-order valence-corrected chi connectivity index (χ1v) is 6.07. The van der Waals surface area contributed by atoms with Crippen LogP contribution in [0.25, 0.3) is 0 Å². The summed E-state index contributed by atoms with van der Waals surface area (Å²) in [6.45, 7) is 3.77. The Balaban J connectivity index is 1.93. The van der Waals surface area contributed by atoms with E-state index in [0.717, 1.165) is 31.1 Å². The lowest BCUT2D eigenvalue weighted by atomic mass is 10.3. The van der Waals surface area contributed by atoms with Gasteiger partial charge in [0, 0.05) is 31.5 Å². The zero-order valence-electron chi connectivity index (χ0n) is 10.4. The molecule has 5 nitrogen and oxygen atoms in total. The summed E-state index contributed by atoms with van der Waals surface area (Å²) < 4.78 is 0. The largest absolute Gasteiger partial charge is 0.370 e. The normalized spacial score (nSPS) is 10.1. The van der Waals surface area contributed by atoms with E-state index in [1.165, 1.54) is 5.56 Å². The molecule has 2 rings (SSSR count). The molecule has 2 aromatic rings. The predicted molar refractivity (Wildman–Crippen MR) is 72.4 cm³/mol. The molecule has 0 unspecified atom stereocenters. The lowest BCUT2D eigenvalue weighted by Crippen LogP contribution is -2.05. The number of nitrogens with one attached hydrogen (secondary N) is 2. The second kappa shape index (κ2) is 6.54. The van der Waals surface area contributed by atoms with Crippen LogP contribution < -0.4 is 10.6 Å². The highest BCUT2D eigenvalue weighted by atomic mass is 15.1. The topological polar surface area (TPSA) is 62.7 Å². The summed E-state index contributed by atoms with van der Waals surface area (Å²) in [5.74, 6) is 1.67. The van der Waals surface area contributed by atoms with E-state index < -0.39 is 0 Å². The molecule has 0 saturated carbocycles. The van der Waals surface area contributed by atoms with Crippen molar-refractivity contribution < 1.29 is 0 Å². The van der Waals surface area contributed by atoms with Gasteiger partial charge in [-0.2, -0.15) is 0 Å². The molecule has 0 aliphatic heterocycles. The lowest BCUT2D eigenvalue weighted by Gasteiger charge is -2.07. The molecular formula is C13H17N5. The smallest absolute Gasteiger partial charge is 0.131 e. The van der Waals surface area contributed by atoms with Gasteiger partial charge in [0.1, 0.15) is 18.0 Å². The van der Waals surface area contributed by atoms with Crippen molar-refractivity contribution in [1.29, 1.82) is 0 Å². The minimum absolute atomic E-state index is 0.729. The molecule has 5 heteroatoms. The van der Waals surface area contributed by atoms with E-state index >= 15 is 0 Å². The number of aromatic nitrogens is 3. The molecule has 0 radical (unpaired) electrons. The third-order valence-corrected chi connectivity index (χ3v) is 2.45. The Morgan fingerprint density at radius 3 is 2.50 bits per heavy atom. The van der Waals surface area contributed by atoms with Gasteiger partial charge in [-0.3, -0.25) is 4.98 Å². The Morgan fingerprint density at radius 1 is 1.06 bits per heavy atom. The van der Waals surface area contributed by atoms with Crippen LogP contribution >= 0.6 is 0 Å². The van der Waals surface area contributed by atoms with Gasteiger partial charge in [0.15, 0.2) is 0 Å².